The van der Waals surface area contributed by atoms with Gasteiger partial charge in [-0.15, -0.1) is 0 Å². The van der Waals surface area contributed by atoms with Crippen LogP contribution >= 0.6 is 11.6 Å². The summed E-state index contributed by atoms with van der Waals surface area (Å²) >= 11 is 5.96. The molecular weight excluding hydrogens is 475 g/mol. The zero-order valence-corrected chi connectivity index (χ0v) is 19.3. The van der Waals surface area contributed by atoms with Gasteiger partial charge in [0, 0.05) is 11.1 Å². The molecule has 12 heteroatoms. The van der Waals surface area contributed by atoms with E-state index in [4.69, 9.17) is 23.2 Å². The highest BCUT2D eigenvalue weighted by atomic mass is 35.5. The molecule has 0 heterocycles. The lowest BCUT2D eigenvalue weighted by molar-refractivity contribution is -0.137. The molecular formula is C22H25ClF3N5O3. The summed E-state index contributed by atoms with van der Waals surface area (Å²) in [5.41, 5.74) is 3.75. The number of aldehydes is 1. The maximum Gasteiger partial charge on any atom is 0.416 e. The third kappa shape index (κ3) is 6.04. The Morgan fingerprint density at radius 2 is 1.68 bits per heavy atom. The molecule has 0 aliphatic carbocycles. The number of hydrogen-bond acceptors (Lipinski definition) is 6. The van der Waals surface area contributed by atoms with Gasteiger partial charge in [-0.2, -0.15) is 13.2 Å². The second kappa shape index (κ2) is 10.00. The van der Waals surface area contributed by atoms with E-state index in [1.54, 1.807) is 20.8 Å². The van der Waals surface area contributed by atoms with Crippen LogP contribution in [0.4, 0.5) is 18.9 Å². The minimum atomic E-state index is -4.69. The Labute approximate surface area is 199 Å². The van der Waals surface area contributed by atoms with E-state index in [2.05, 4.69) is 16.1 Å². The first-order chi connectivity index (χ1) is 15.6. The van der Waals surface area contributed by atoms with Gasteiger partial charge < -0.3 is 16.4 Å². The lowest BCUT2D eigenvalue weighted by Crippen LogP contribution is -2.65. The Morgan fingerprint density at radius 1 is 1.06 bits per heavy atom. The summed E-state index contributed by atoms with van der Waals surface area (Å²) in [5, 5.41) is 5.04. The molecule has 2 atom stereocenters. The number of carbonyl (C=O) groups is 3. The van der Waals surface area contributed by atoms with Gasteiger partial charge in [0.1, 0.15) is 6.04 Å². The maximum absolute atomic E-state index is 13.2. The molecule has 0 aromatic heterocycles. The van der Waals surface area contributed by atoms with Crippen LogP contribution in [0.3, 0.4) is 0 Å². The van der Waals surface area contributed by atoms with E-state index in [-0.39, 0.29) is 28.1 Å². The lowest BCUT2D eigenvalue weighted by Gasteiger charge is -2.35. The summed E-state index contributed by atoms with van der Waals surface area (Å²) in [6.07, 6.45) is -4.52. The highest BCUT2D eigenvalue weighted by Gasteiger charge is 2.41. The Hall–Kier alpha value is -3.15. The zero-order valence-electron chi connectivity index (χ0n) is 18.6. The van der Waals surface area contributed by atoms with Gasteiger partial charge in [0.15, 0.2) is 11.9 Å². The van der Waals surface area contributed by atoms with Crippen molar-refractivity contribution < 1.29 is 27.6 Å². The smallest absolute Gasteiger partial charge is 0.398 e. The predicted molar refractivity (Wildman–Crippen MR) is 121 cm³/mol. The molecule has 0 saturated carbocycles. The average molecular weight is 500 g/mol. The average Bonchev–Trinajstić information content (AvgIpc) is 2.76. The molecule has 2 aromatic rings. The van der Waals surface area contributed by atoms with Crippen molar-refractivity contribution in [3.63, 3.8) is 0 Å². The molecule has 34 heavy (non-hydrogen) atoms. The van der Waals surface area contributed by atoms with E-state index in [0.29, 0.717) is 6.07 Å². The Kier molecular flexibility index (Phi) is 7.97. The van der Waals surface area contributed by atoms with Crippen molar-refractivity contribution in [3.05, 3.63) is 64.2 Å². The fourth-order valence-electron chi connectivity index (χ4n) is 3.09. The molecule has 0 saturated heterocycles. The maximum atomic E-state index is 13.2. The number of carbonyl (C=O) groups excluding carboxylic acids is 3. The minimum absolute atomic E-state index is 0.123. The monoisotopic (exact) mass is 499 g/mol. The quantitative estimate of drug-likeness (QED) is 0.130. The number of hydrazine groups is 1. The van der Waals surface area contributed by atoms with Crippen molar-refractivity contribution >= 4 is 35.4 Å². The summed E-state index contributed by atoms with van der Waals surface area (Å²) in [6, 6.07) is 6.71. The van der Waals surface area contributed by atoms with E-state index < -0.39 is 40.7 Å². The summed E-state index contributed by atoms with van der Waals surface area (Å²) in [4.78, 5) is 38.0. The van der Waals surface area contributed by atoms with Crippen molar-refractivity contribution in [1.29, 1.82) is 0 Å². The number of amides is 2. The molecule has 1 unspecified atom stereocenters. The molecule has 2 rings (SSSR count). The first-order valence-electron chi connectivity index (χ1n) is 9.94. The van der Waals surface area contributed by atoms with Crippen LogP contribution in [0, 0.1) is 5.41 Å². The fourth-order valence-corrected chi connectivity index (χ4v) is 3.27. The van der Waals surface area contributed by atoms with Crippen LogP contribution in [0.2, 0.25) is 5.02 Å². The highest BCUT2D eigenvalue weighted by molar-refractivity contribution is 6.33. The molecule has 2 aromatic carbocycles. The first-order valence-corrected chi connectivity index (χ1v) is 10.3. The second-order valence-corrected chi connectivity index (χ2v) is 9.05. The summed E-state index contributed by atoms with van der Waals surface area (Å²) in [7, 11) is 0. The number of alkyl halides is 3. The van der Waals surface area contributed by atoms with Crippen molar-refractivity contribution in [2.75, 3.05) is 5.73 Å². The number of nitrogens with two attached hydrogens (primary N) is 2. The molecule has 0 fully saturated rings. The van der Waals surface area contributed by atoms with Crippen LogP contribution in [0.15, 0.2) is 42.5 Å². The van der Waals surface area contributed by atoms with Crippen molar-refractivity contribution in [3.8, 4) is 0 Å². The number of nitrogens with one attached hydrogen (secondary N) is 3. The van der Waals surface area contributed by atoms with E-state index >= 15 is 0 Å². The van der Waals surface area contributed by atoms with Crippen LogP contribution in [0.1, 0.15) is 42.3 Å². The van der Waals surface area contributed by atoms with Gasteiger partial charge in [0.25, 0.3) is 5.91 Å². The number of benzene rings is 2. The van der Waals surface area contributed by atoms with E-state index in [1.807, 2.05) is 0 Å². The van der Waals surface area contributed by atoms with Crippen LogP contribution in [-0.4, -0.2) is 24.1 Å². The summed E-state index contributed by atoms with van der Waals surface area (Å²) < 4.78 is 39.5. The molecule has 0 aliphatic heterocycles. The molecule has 0 radical (unpaired) electrons. The molecule has 2 amide bonds. The molecule has 8 nitrogen and oxygen atoms in total. The Bertz CT molecular complexity index is 1090. The van der Waals surface area contributed by atoms with Gasteiger partial charge in [-0.1, -0.05) is 44.5 Å². The van der Waals surface area contributed by atoms with Gasteiger partial charge in [-0.25, -0.2) is 5.43 Å². The molecule has 7 N–H and O–H groups in total. The van der Waals surface area contributed by atoms with Crippen LogP contribution in [-0.2, 0) is 21.4 Å². The van der Waals surface area contributed by atoms with Gasteiger partial charge >= 0.3 is 6.18 Å². The SMILES string of the molecule is CC(C)(C)[C@H](NC(=O)c1ccc(N)c(Cl)c1)C(=O)NC(C=O)(NN)c1cccc(C(F)(F)F)c1. The van der Waals surface area contributed by atoms with Gasteiger partial charge in [-0.3, -0.25) is 20.2 Å². The third-order valence-corrected chi connectivity index (χ3v) is 5.36. The molecule has 184 valence electrons. The van der Waals surface area contributed by atoms with Crippen molar-refractivity contribution in [2.45, 2.75) is 38.7 Å². The van der Waals surface area contributed by atoms with Gasteiger partial charge in [0.2, 0.25) is 5.91 Å². The molecule has 0 bridgehead atoms. The normalized spacial score (nSPS) is 14.6. The predicted octanol–water partition coefficient (Wildman–Crippen LogP) is 2.72. The largest absolute Gasteiger partial charge is 0.416 e. The van der Waals surface area contributed by atoms with Crippen LogP contribution < -0.4 is 27.6 Å². The topological polar surface area (TPSA) is 139 Å². The fraction of sp³-hybridized carbons (Fsp3) is 0.318. The van der Waals surface area contributed by atoms with Crippen LogP contribution in [0.25, 0.3) is 0 Å². The Morgan fingerprint density at radius 3 is 2.18 bits per heavy atom. The summed E-state index contributed by atoms with van der Waals surface area (Å²) in [6.45, 7) is 4.95. The minimum Gasteiger partial charge on any atom is -0.398 e. The Balaban J connectivity index is 2.40. The number of halogens is 4. The zero-order chi connectivity index (χ0) is 25.9. The summed E-state index contributed by atoms with van der Waals surface area (Å²) in [5.74, 6) is 3.97. The molecule has 0 aliphatic rings. The second-order valence-electron chi connectivity index (χ2n) is 8.65. The standard InChI is InChI=1S/C22H25ClF3N5O3/c1-20(2,3)17(29-18(33)12-7-8-16(27)15(23)9-12)19(34)30-21(11-32,31-28)13-5-4-6-14(10-13)22(24,25)26/h4-11,17,31H,27-28H2,1-3H3,(H,29,33)(H,30,34)/t17-,21?/m1/s1. The number of anilines is 1. The van der Waals surface area contributed by atoms with E-state index in [9.17, 15) is 27.6 Å². The first kappa shape index (κ1) is 27.1. The van der Waals surface area contributed by atoms with Gasteiger partial charge in [0.05, 0.1) is 16.3 Å². The number of nitrogen functional groups attached to an aromatic ring is 1. The van der Waals surface area contributed by atoms with Crippen molar-refractivity contribution in [2.24, 2.45) is 11.3 Å². The number of hydrogen-bond donors (Lipinski definition) is 5. The van der Waals surface area contributed by atoms with E-state index in [0.717, 1.165) is 12.1 Å². The highest BCUT2D eigenvalue weighted by Crippen LogP contribution is 2.31. The lowest BCUT2D eigenvalue weighted by atomic mass is 9.85. The third-order valence-electron chi connectivity index (χ3n) is 5.04. The van der Waals surface area contributed by atoms with Crippen molar-refractivity contribution in [1.82, 2.24) is 16.1 Å². The van der Waals surface area contributed by atoms with E-state index in [1.165, 1.54) is 24.3 Å². The van der Waals surface area contributed by atoms with Gasteiger partial charge in [-0.05, 0) is 35.7 Å². The van der Waals surface area contributed by atoms with Crippen LogP contribution in [0.5, 0.6) is 0 Å². The number of rotatable bonds is 7. The molecule has 0 spiro atoms.